The van der Waals surface area contributed by atoms with Crippen LogP contribution in [-0.2, 0) is 0 Å². The van der Waals surface area contributed by atoms with Gasteiger partial charge in [0.25, 0.3) is 0 Å². The summed E-state index contributed by atoms with van der Waals surface area (Å²) in [7, 11) is 0. The topological polar surface area (TPSA) is 26.0 Å². The smallest absolute Gasteiger partial charge is 0.0314 e. The fraction of sp³-hybridized carbons (Fsp3) is 0.333. The lowest BCUT2D eigenvalue weighted by Gasteiger charge is -1.90. The molecule has 1 aromatic rings. The highest BCUT2D eigenvalue weighted by molar-refractivity contribution is 5.38. The molecule has 0 radical (unpaired) electrons. The van der Waals surface area contributed by atoms with Crippen molar-refractivity contribution >= 4 is 5.69 Å². The molecule has 2 N–H and O–H groups in total. The molecule has 0 bridgehead atoms. The van der Waals surface area contributed by atoms with Crippen LogP contribution in [0.1, 0.15) is 19.4 Å². The normalized spacial score (nSPS) is 7.90. The minimum Gasteiger partial charge on any atom is -0.399 e. The Kier molecular flexibility index (Phi) is 4.38. The van der Waals surface area contributed by atoms with Crippen molar-refractivity contribution in [1.82, 2.24) is 0 Å². The number of anilines is 1. The Labute approximate surface area is 62.9 Å². The molecule has 0 saturated carbocycles. The van der Waals surface area contributed by atoms with Crippen LogP contribution >= 0.6 is 0 Å². The molecule has 0 heterocycles. The summed E-state index contributed by atoms with van der Waals surface area (Å²) in [6.07, 6.45) is 0. The zero-order valence-corrected chi connectivity index (χ0v) is 6.89. The Morgan fingerprint density at radius 1 is 1.00 bits per heavy atom. The van der Waals surface area contributed by atoms with Gasteiger partial charge in [-0.3, -0.25) is 0 Å². The Morgan fingerprint density at radius 3 is 1.70 bits per heavy atom. The summed E-state index contributed by atoms with van der Waals surface area (Å²) < 4.78 is 0. The fourth-order valence-corrected chi connectivity index (χ4v) is 0.566. The van der Waals surface area contributed by atoms with Gasteiger partial charge < -0.3 is 5.73 Å². The van der Waals surface area contributed by atoms with Crippen LogP contribution in [0.5, 0.6) is 0 Å². The molecule has 1 rings (SSSR count). The van der Waals surface area contributed by atoms with Gasteiger partial charge in [-0.05, 0) is 19.1 Å². The van der Waals surface area contributed by atoms with Crippen molar-refractivity contribution in [2.45, 2.75) is 20.8 Å². The number of hydrogen-bond acceptors (Lipinski definition) is 1. The molecule has 0 saturated heterocycles. The summed E-state index contributed by atoms with van der Waals surface area (Å²) in [5.41, 5.74) is 7.51. The Hall–Kier alpha value is -0.980. The number of rotatable bonds is 0. The molecule has 0 aromatic heterocycles. The third kappa shape index (κ3) is 3.13. The van der Waals surface area contributed by atoms with E-state index < -0.39 is 0 Å². The van der Waals surface area contributed by atoms with Gasteiger partial charge in [0.15, 0.2) is 0 Å². The molecule has 0 aliphatic rings. The van der Waals surface area contributed by atoms with Crippen molar-refractivity contribution in [2.24, 2.45) is 0 Å². The van der Waals surface area contributed by atoms with Crippen molar-refractivity contribution in [3.8, 4) is 0 Å². The van der Waals surface area contributed by atoms with Gasteiger partial charge in [-0.25, -0.2) is 0 Å². The Morgan fingerprint density at radius 2 is 1.40 bits per heavy atom. The van der Waals surface area contributed by atoms with E-state index in [1.54, 1.807) is 0 Å². The summed E-state index contributed by atoms with van der Waals surface area (Å²) in [4.78, 5) is 0. The van der Waals surface area contributed by atoms with E-state index in [4.69, 9.17) is 5.73 Å². The van der Waals surface area contributed by atoms with E-state index in [0.717, 1.165) is 5.69 Å². The molecule has 1 heteroatoms. The van der Waals surface area contributed by atoms with E-state index in [1.807, 2.05) is 45.0 Å². The Bertz CT molecular complexity index is 144. The molecule has 0 fully saturated rings. The molecular weight excluding hydrogens is 122 g/mol. The first-order valence-corrected chi connectivity index (χ1v) is 3.61. The average molecular weight is 137 g/mol. The van der Waals surface area contributed by atoms with Crippen LogP contribution in [-0.4, -0.2) is 0 Å². The van der Waals surface area contributed by atoms with Crippen molar-refractivity contribution in [2.75, 3.05) is 5.73 Å². The first-order valence-electron chi connectivity index (χ1n) is 3.61. The lowest BCUT2D eigenvalue weighted by atomic mass is 10.2. The fourth-order valence-electron chi connectivity index (χ4n) is 0.566. The molecule has 0 aliphatic carbocycles. The van der Waals surface area contributed by atoms with Crippen LogP contribution in [0.15, 0.2) is 24.3 Å². The van der Waals surface area contributed by atoms with Gasteiger partial charge in [0.05, 0.1) is 0 Å². The highest BCUT2D eigenvalue weighted by Crippen LogP contribution is 2.02. The average Bonchev–Trinajstić information content (AvgIpc) is 2.00. The van der Waals surface area contributed by atoms with E-state index in [9.17, 15) is 0 Å². The van der Waals surface area contributed by atoms with Crippen molar-refractivity contribution in [3.63, 3.8) is 0 Å². The number of hydrogen-bond donors (Lipinski definition) is 1. The van der Waals surface area contributed by atoms with Crippen LogP contribution in [0.2, 0.25) is 0 Å². The number of nitrogens with two attached hydrogens (primary N) is 1. The summed E-state index contributed by atoms with van der Waals surface area (Å²) in [6.45, 7) is 6.04. The molecule has 0 aliphatic heterocycles. The summed E-state index contributed by atoms with van der Waals surface area (Å²) in [5, 5.41) is 0. The summed E-state index contributed by atoms with van der Waals surface area (Å²) in [6, 6.07) is 7.79. The summed E-state index contributed by atoms with van der Waals surface area (Å²) in [5.74, 6) is 0. The predicted octanol–water partition coefficient (Wildman–Crippen LogP) is 2.60. The first kappa shape index (κ1) is 9.02. The maximum absolute atomic E-state index is 5.43. The lowest BCUT2D eigenvalue weighted by Crippen LogP contribution is -1.81. The van der Waals surface area contributed by atoms with E-state index in [0.29, 0.717) is 0 Å². The van der Waals surface area contributed by atoms with Crippen LogP contribution in [0.25, 0.3) is 0 Å². The van der Waals surface area contributed by atoms with E-state index in [-0.39, 0.29) is 0 Å². The molecule has 1 aromatic carbocycles. The number of nitrogen functional groups attached to an aromatic ring is 1. The van der Waals surface area contributed by atoms with Crippen LogP contribution in [0.4, 0.5) is 5.69 Å². The molecule has 0 unspecified atom stereocenters. The highest BCUT2D eigenvalue weighted by Gasteiger charge is 1.80. The van der Waals surface area contributed by atoms with Gasteiger partial charge in [-0.2, -0.15) is 0 Å². The van der Waals surface area contributed by atoms with Crippen molar-refractivity contribution < 1.29 is 0 Å². The molecule has 0 atom stereocenters. The molecule has 0 amide bonds. The van der Waals surface area contributed by atoms with E-state index in [1.165, 1.54) is 5.56 Å². The standard InChI is InChI=1S/C7H9N.C2H6/c1-6-2-4-7(8)5-3-6;1-2/h2-5H,8H2,1H3;1-2H3. The zero-order chi connectivity index (χ0) is 7.98. The van der Waals surface area contributed by atoms with Crippen molar-refractivity contribution in [3.05, 3.63) is 29.8 Å². The predicted molar refractivity (Wildman–Crippen MR) is 46.9 cm³/mol. The quantitative estimate of drug-likeness (QED) is 0.546. The molecule has 56 valence electrons. The van der Waals surface area contributed by atoms with Gasteiger partial charge in [-0.15, -0.1) is 0 Å². The molecule has 0 spiro atoms. The SMILES string of the molecule is CC.Cc1ccc(N)cc1. The van der Waals surface area contributed by atoms with Crippen LogP contribution in [0.3, 0.4) is 0 Å². The highest BCUT2D eigenvalue weighted by atomic mass is 14.5. The second kappa shape index (κ2) is 4.86. The van der Waals surface area contributed by atoms with E-state index >= 15 is 0 Å². The zero-order valence-electron chi connectivity index (χ0n) is 6.89. The first-order chi connectivity index (χ1) is 4.79. The number of aryl methyl sites for hydroxylation is 1. The third-order valence-electron chi connectivity index (χ3n) is 1.08. The van der Waals surface area contributed by atoms with Gasteiger partial charge in [-0.1, -0.05) is 31.5 Å². The third-order valence-corrected chi connectivity index (χ3v) is 1.08. The van der Waals surface area contributed by atoms with E-state index in [2.05, 4.69) is 0 Å². The second-order valence-corrected chi connectivity index (χ2v) is 1.91. The van der Waals surface area contributed by atoms with Crippen molar-refractivity contribution in [1.29, 1.82) is 0 Å². The van der Waals surface area contributed by atoms with Gasteiger partial charge in [0.2, 0.25) is 0 Å². The van der Waals surface area contributed by atoms with Gasteiger partial charge in [0, 0.05) is 5.69 Å². The largest absolute Gasteiger partial charge is 0.399 e. The van der Waals surface area contributed by atoms with Crippen LogP contribution < -0.4 is 5.73 Å². The van der Waals surface area contributed by atoms with Gasteiger partial charge in [0.1, 0.15) is 0 Å². The molecule has 1 nitrogen and oxygen atoms in total. The molecular formula is C9H15N. The minimum absolute atomic E-state index is 0.829. The van der Waals surface area contributed by atoms with Gasteiger partial charge >= 0.3 is 0 Å². The monoisotopic (exact) mass is 137 g/mol. The molecule has 10 heavy (non-hydrogen) atoms. The lowest BCUT2D eigenvalue weighted by molar-refractivity contribution is 1.47. The Balaban J connectivity index is 0.000000371. The summed E-state index contributed by atoms with van der Waals surface area (Å²) >= 11 is 0. The van der Waals surface area contributed by atoms with Crippen LogP contribution in [0, 0.1) is 6.92 Å². The maximum atomic E-state index is 5.43. The minimum atomic E-state index is 0.829. The number of benzene rings is 1. The second-order valence-electron chi connectivity index (χ2n) is 1.91. The maximum Gasteiger partial charge on any atom is 0.0314 e.